The molecule has 0 aliphatic heterocycles. The summed E-state index contributed by atoms with van der Waals surface area (Å²) in [5.41, 5.74) is 4.81. The standard InChI is InChI=1S/C20H17N2/c1-14-11-15-13-21-19-8-4-3-7-16(19)18(15)12-17(14)20-9-5-6-10-22(20)2/h3-13H,1-2H3/q+1. The van der Waals surface area contributed by atoms with E-state index in [9.17, 15) is 0 Å². The third-order valence-corrected chi connectivity index (χ3v) is 4.26. The molecule has 0 aliphatic rings. The average molecular weight is 285 g/mol. The van der Waals surface area contributed by atoms with Crippen LogP contribution in [0.3, 0.4) is 0 Å². The molecule has 2 heterocycles. The number of hydrogen-bond donors (Lipinski definition) is 0. The molecule has 0 spiro atoms. The van der Waals surface area contributed by atoms with E-state index >= 15 is 0 Å². The Kier molecular flexibility index (Phi) is 2.90. The number of nitrogens with zero attached hydrogens (tertiary/aromatic N) is 2. The third kappa shape index (κ3) is 1.96. The predicted molar refractivity (Wildman–Crippen MR) is 90.6 cm³/mol. The number of aryl methyl sites for hydroxylation is 2. The van der Waals surface area contributed by atoms with Crippen LogP contribution < -0.4 is 4.57 Å². The van der Waals surface area contributed by atoms with Crippen molar-refractivity contribution in [1.29, 1.82) is 0 Å². The van der Waals surface area contributed by atoms with Crippen LogP contribution in [0.1, 0.15) is 5.56 Å². The van der Waals surface area contributed by atoms with Crippen molar-refractivity contribution < 1.29 is 4.57 Å². The normalized spacial score (nSPS) is 11.2. The Balaban J connectivity index is 2.10. The van der Waals surface area contributed by atoms with Gasteiger partial charge in [-0.3, -0.25) is 4.98 Å². The molecule has 4 rings (SSSR count). The number of rotatable bonds is 1. The van der Waals surface area contributed by atoms with Gasteiger partial charge in [-0.25, -0.2) is 4.57 Å². The summed E-state index contributed by atoms with van der Waals surface area (Å²) >= 11 is 0. The Morgan fingerprint density at radius 2 is 1.73 bits per heavy atom. The van der Waals surface area contributed by atoms with E-state index in [1.54, 1.807) is 0 Å². The van der Waals surface area contributed by atoms with Gasteiger partial charge in [0, 0.05) is 34.7 Å². The van der Waals surface area contributed by atoms with Crippen LogP contribution in [0, 0.1) is 6.92 Å². The molecular formula is C20H17N2+. The minimum atomic E-state index is 1.04. The first-order valence-corrected chi connectivity index (χ1v) is 7.47. The summed E-state index contributed by atoms with van der Waals surface area (Å²) in [5.74, 6) is 0. The molecule has 2 aromatic carbocycles. The molecule has 2 aromatic heterocycles. The van der Waals surface area contributed by atoms with E-state index in [0.717, 1.165) is 5.52 Å². The highest BCUT2D eigenvalue weighted by molar-refractivity contribution is 6.07. The number of fused-ring (bicyclic) bond motifs is 3. The maximum Gasteiger partial charge on any atom is 0.212 e. The van der Waals surface area contributed by atoms with Gasteiger partial charge in [0.15, 0.2) is 6.20 Å². The first-order valence-electron chi connectivity index (χ1n) is 7.47. The van der Waals surface area contributed by atoms with E-state index in [2.05, 4.69) is 78.3 Å². The zero-order valence-electron chi connectivity index (χ0n) is 12.7. The lowest BCUT2D eigenvalue weighted by Crippen LogP contribution is -2.30. The van der Waals surface area contributed by atoms with E-state index in [-0.39, 0.29) is 0 Å². The van der Waals surface area contributed by atoms with Crippen molar-refractivity contribution in [2.75, 3.05) is 0 Å². The zero-order valence-corrected chi connectivity index (χ0v) is 12.7. The Hall–Kier alpha value is -2.74. The van der Waals surface area contributed by atoms with E-state index in [4.69, 9.17) is 0 Å². The van der Waals surface area contributed by atoms with Gasteiger partial charge < -0.3 is 0 Å². The molecule has 0 bridgehead atoms. The lowest BCUT2D eigenvalue weighted by atomic mass is 9.97. The molecule has 0 N–H and O–H groups in total. The molecule has 2 nitrogen and oxygen atoms in total. The smallest absolute Gasteiger partial charge is 0.212 e. The van der Waals surface area contributed by atoms with E-state index < -0.39 is 0 Å². The van der Waals surface area contributed by atoms with E-state index in [1.165, 1.54) is 33.0 Å². The molecule has 0 fully saturated rings. The highest BCUT2D eigenvalue weighted by Gasteiger charge is 2.13. The van der Waals surface area contributed by atoms with Gasteiger partial charge in [-0.2, -0.15) is 0 Å². The van der Waals surface area contributed by atoms with Gasteiger partial charge in [-0.05, 0) is 42.1 Å². The maximum atomic E-state index is 4.57. The van der Waals surface area contributed by atoms with Crippen LogP contribution in [0.4, 0.5) is 0 Å². The van der Waals surface area contributed by atoms with Crippen LogP contribution in [0.5, 0.6) is 0 Å². The number of pyridine rings is 2. The van der Waals surface area contributed by atoms with Crippen LogP contribution in [0.2, 0.25) is 0 Å². The molecule has 0 aliphatic carbocycles. The van der Waals surface area contributed by atoms with Crippen molar-refractivity contribution in [2.45, 2.75) is 6.92 Å². The molecular weight excluding hydrogens is 268 g/mol. The van der Waals surface area contributed by atoms with Gasteiger partial charge in [-0.1, -0.05) is 18.2 Å². The molecule has 0 atom stereocenters. The van der Waals surface area contributed by atoms with Gasteiger partial charge in [0.05, 0.1) is 5.52 Å². The van der Waals surface area contributed by atoms with Gasteiger partial charge in [0.1, 0.15) is 7.05 Å². The molecule has 22 heavy (non-hydrogen) atoms. The summed E-state index contributed by atoms with van der Waals surface area (Å²) in [4.78, 5) is 4.57. The second-order valence-corrected chi connectivity index (χ2v) is 5.73. The van der Waals surface area contributed by atoms with Gasteiger partial charge in [0.2, 0.25) is 5.69 Å². The molecule has 4 aromatic rings. The fraction of sp³-hybridized carbons (Fsp3) is 0.100. The molecule has 0 unspecified atom stereocenters. The van der Waals surface area contributed by atoms with Crippen molar-refractivity contribution in [3.8, 4) is 11.3 Å². The Morgan fingerprint density at radius 3 is 2.59 bits per heavy atom. The van der Waals surface area contributed by atoms with Gasteiger partial charge >= 0.3 is 0 Å². The summed E-state index contributed by atoms with van der Waals surface area (Å²) in [7, 11) is 2.09. The van der Waals surface area contributed by atoms with Crippen molar-refractivity contribution in [3.63, 3.8) is 0 Å². The number of benzene rings is 2. The van der Waals surface area contributed by atoms with Crippen molar-refractivity contribution in [1.82, 2.24) is 4.98 Å². The summed E-state index contributed by atoms with van der Waals surface area (Å²) in [6.07, 6.45) is 4.06. The van der Waals surface area contributed by atoms with Gasteiger partial charge in [0.25, 0.3) is 0 Å². The molecule has 106 valence electrons. The molecule has 0 radical (unpaired) electrons. The van der Waals surface area contributed by atoms with Crippen LogP contribution in [0.15, 0.2) is 67.0 Å². The fourth-order valence-corrected chi connectivity index (χ4v) is 3.10. The monoisotopic (exact) mass is 285 g/mol. The Morgan fingerprint density at radius 1 is 0.909 bits per heavy atom. The van der Waals surface area contributed by atoms with Crippen LogP contribution in [-0.4, -0.2) is 4.98 Å². The Labute approximate surface area is 129 Å². The summed E-state index contributed by atoms with van der Waals surface area (Å²) in [5, 5.41) is 3.66. The van der Waals surface area contributed by atoms with Crippen LogP contribution >= 0.6 is 0 Å². The van der Waals surface area contributed by atoms with Crippen LogP contribution in [-0.2, 0) is 7.05 Å². The summed E-state index contributed by atoms with van der Waals surface area (Å²) in [6, 6.07) is 19.2. The first kappa shape index (κ1) is 13.0. The topological polar surface area (TPSA) is 16.8 Å². The first-order chi connectivity index (χ1) is 10.7. The van der Waals surface area contributed by atoms with Crippen molar-refractivity contribution in [2.24, 2.45) is 7.05 Å². The molecule has 2 heteroatoms. The second kappa shape index (κ2) is 4.92. The molecule has 0 amide bonds. The maximum absolute atomic E-state index is 4.57. The van der Waals surface area contributed by atoms with E-state index in [0.29, 0.717) is 0 Å². The number of aromatic nitrogens is 2. The fourth-order valence-electron chi connectivity index (χ4n) is 3.10. The average Bonchev–Trinajstić information content (AvgIpc) is 2.55. The molecule has 0 saturated heterocycles. The highest BCUT2D eigenvalue weighted by atomic mass is 14.9. The summed E-state index contributed by atoms with van der Waals surface area (Å²) in [6.45, 7) is 2.16. The Bertz CT molecular complexity index is 1000. The van der Waals surface area contributed by atoms with Crippen molar-refractivity contribution in [3.05, 3.63) is 72.6 Å². The lowest BCUT2D eigenvalue weighted by molar-refractivity contribution is -0.660. The number of hydrogen-bond acceptors (Lipinski definition) is 1. The zero-order chi connectivity index (χ0) is 15.1. The highest BCUT2D eigenvalue weighted by Crippen LogP contribution is 2.30. The lowest BCUT2D eigenvalue weighted by Gasteiger charge is -2.09. The molecule has 0 saturated carbocycles. The van der Waals surface area contributed by atoms with Crippen LogP contribution in [0.25, 0.3) is 32.9 Å². The quantitative estimate of drug-likeness (QED) is 0.378. The van der Waals surface area contributed by atoms with E-state index in [1.807, 2.05) is 12.3 Å². The third-order valence-electron chi connectivity index (χ3n) is 4.26. The minimum Gasteiger partial charge on any atom is -0.256 e. The number of para-hydroxylation sites is 1. The SMILES string of the molecule is Cc1cc2cnc3ccccc3c2cc1-c1cccc[n+]1C. The largest absolute Gasteiger partial charge is 0.256 e. The minimum absolute atomic E-state index is 1.04. The predicted octanol–water partition coefficient (Wildman–Crippen LogP) is 4.19. The summed E-state index contributed by atoms with van der Waals surface area (Å²) < 4.78 is 2.16. The van der Waals surface area contributed by atoms with Gasteiger partial charge in [-0.15, -0.1) is 0 Å². The van der Waals surface area contributed by atoms with Crippen molar-refractivity contribution >= 4 is 21.7 Å². The second-order valence-electron chi connectivity index (χ2n) is 5.73.